The van der Waals surface area contributed by atoms with Crippen LogP contribution in [0.1, 0.15) is 22.3 Å². The van der Waals surface area contributed by atoms with Gasteiger partial charge in [-0.2, -0.15) is 13.2 Å². The van der Waals surface area contributed by atoms with Crippen molar-refractivity contribution in [2.75, 3.05) is 11.9 Å². The first kappa shape index (κ1) is 15.8. The van der Waals surface area contributed by atoms with E-state index in [1.165, 1.54) is 12.1 Å². The predicted octanol–water partition coefficient (Wildman–Crippen LogP) is 2.77. The smallest absolute Gasteiger partial charge is 0.390 e. The minimum absolute atomic E-state index is 0.0296. The van der Waals surface area contributed by atoms with Crippen molar-refractivity contribution in [3.05, 3.63) is 29.3 Å². The van der Waals surface area contributed by atoms with Crippen molar-refractivity contribution < 1.29 is 27.9 Å². The highest BCUT2D eigenvalue weighted by Crippen LogP contribution is 2.20. The number of anilines is 1. The maximum atomic E-state index is 11.9. The quantitative estimate of drug-likeness (QED) is 0.797. The minimum atomic E-state index is -4.36. The lowest BCUT2D eigenvalue weighted by atomic mass is 10.1. The number of carboxylic acids is 1. The molecular weight excluding hydrogens is 277 g/mol. The molecule has 1 aromatic carbocycles. The number of benzene rings is 1. The Morgan fingerprint density at radius 2 is 1.95 bits per heavy atom. The molecule has 0 heterocycles. The second kappa shape index (κ2) is 6.27. The fraction of sp³-hybridized carbons (Fsp3) is 0.333. The summed E-state index contributed by atoms with van der Waals surface area (Å²) in [6, 6.07) is 3.56. The van der Waals surface area contributed by atoms with Crippen LogP contribution in [-0.4, -0.2) is 29.8 Å². The third-order valence-electron chi connectivity index (χ3n) is 2.43. The van der Waals surface area contributed by atoms with Gasteiger partial charge in [0.2, 0.25) is 0 Å². The molecule has 8 heteroatoms. The molecule has 0 atom stereocenters. The molecule has 0 saturated carbocycles. The number of urea groups is 1. The molecule has 0 bridgehead atoms. The molecule has 0 aromatic heterocycles. The van der Waals surface area contributed by atoms with Crippen LogP contribution >= 0.6 is 0 Å². The van der Waals surface area contributed by atoms with Crippen LogP contribution in [0.4, 0.5) is 23.7 Å². The van der Waals surface area contributed by atoms with Crippen LogP contribution in [0.25, 0.3) is 0 Å². The number of aromatic carboxylic acids is 1. The Morgan fingerprint density at radius 3 is 2.50 bits per heavy atom. The number of carboxylic acid groups (broad SMARTS) is 1. The van der Waals surface area contributed by atoms with E-state index in [4.69, 9.17) is 5.11 Å². The molecule has 0 aliphatic heterocycles. The first-order valence-electron chi connectivity index (χ1n) is 5.65. The Morgan fingerprint density at radius 1 is 1.30 bits per heavy atom. The molecule has 20 heavy (non-hydrogen) atoms. The van der Waals surface area contributed by atoms with Gasteiger partial charge in [-0.15, -0.1) is 0 Å². The highest BCUT2D eigenvalue weighted by atomic mass is 19.4. The summed E-state index contributed by atoms with van der Waals surface area (Å²) >= 11 is 0. The zero-order chi connectivity index (χ0) is 15.3. The monoisotopic (exact) mass is 290 g/mol. The van der Waals surface area contributed by atoms with E-state index in [1.54, 1.807) is 13.0 Å². The predicted molar refractivity (Wildman–Crippen MR) is 65.8 cm³/mol. The molecule has 0 aliphatic rings. The molecule has 0 unspecified atom stereocenters. The Kier molecular flexibility index (Phi) is 4.95. The largest absolute Gasteiger partial charge is 0.478 e. The number of aryl methyl sites for hydroxylation is 1. The second-order valence-corrected chi connectivity index (χ2v) is 4.05. The van der Waals surface area contributed by atoms with Crippen LogP contribution in [0.2, 0.25) is 0 Å². The molecule has 3 N–H and O–H groups in total. The zero-order valence-electron chi connectivity index (χ0n) is 10.5. The molecule has 110 valence electrons. The summed E-state index contributed by atoms with van der Waals surface area (Å²) in [4.78, 5) is 22.5. The Hall–Kier alpha value is -2.25. The van der Waals surface area contributed by atoms with E-state index in [0.29, 0.717) is 5.56 Å². The Balaban J connectivity index is 2.67. The van der Waals surface area contributed by atoms with Crippen LogP contribution in [-0.2, 0) is 0 Å². The Bertz CT molecular complexity index is 515. The molecule has 0 fully saturated rings. The van der Waals surface area contributed by atoms with Crippen LogP contribution in [0, 0.1) is 6.92 Å². The van der Waals surface area contributed by atoms with Crippen LogP contribution < -0.4 is 10.6 Å². The van der Waals surface area contributed by atoms with Crippen molar-refractivity contribution in [2.24, 2.45) is 0 Å². The third-order valence-corrected chi connectivity index (χ3v) is 2.43. The van der Waals surface area contributed by atoms with Gasteiger partial charge in [0.15, 0.2) is 0 Å². The highest BCUT2D eigenvalue weighted by molar-refractivity contribution is 6.01. The van der Waals surface area contributed by atoms with Crippen molar-refractivity contribution >= 4 is 17.7 Å². The number of hydrogen-bond acceptors (Lipinski definition) is 2. The van der Waals surface area contributed by atoms with Gasteiger partial charge in [-0.05, 0) is 18.6 Å². The van der Waals surface area contributed by atoms with E-state index in [2.05, 4.69) is 5.32 Å². The van der Waals surface area contributed by atoms with Gasteiger partial charge in [0.1, 0.15) is 0 Å². The second-order valence-electron chi connectivity index (χ2n) is 4.05. The first-order chi connectivity index (χ1) is 9.20. The molecule has 0 spiro atoms. The molecule has 2 amide bonds. The molecular formula is C12H13F3N2O3. The van der Waals surface area contributed by atoms with E-state index in [-0.39, 0.29) is 11.3 Å². The highest BCUT2D eigenvalue weighted by Gasteiger charge is 2.26. The van der Waals surface area contributed by atoms with Crippen molar-refractivity contribution in [3.63, 3.8) is 0 Å². The lowest BCUT2D eigenvalue weighted by molar-refractivity contribution is -0.132. The zero-order valence-corrected chi connectivity index (χ0v) is 10.5. The average Bonchev–Trinajstić information content (AvgIpc) is 2.26. The number of nitrogens with one attached hydrogen (secondary N) is 2. The molecule has 5 nitrogen and oxygen atoms in total. The van der Waals surface area contributed by atoms with Gasteiger partial charge >= 0.3 is 18.2 Å². The maximum absolute atomic E-state index is 11.9. The number of amides is 2. The standard InChI is InChI=1S/C12H13F3N2O3/c1-7-3-2-4-8(9(7)10(18)19)17-11(20)16-6-5-12(13,14)15/h2-4H,5-6H2,1H3,(H,18,19)(H2,16,17,20). The van der Waals surface area contributed by atoms with E-state index in [0.717, 1.165) is 0 Å². The molecule has 1 rings (SSSR count). The van der Waals surface area contributed by atoms with Crippen LogP contribution in [0.15, 0.2) is 18.2 Å². The number of halogens is 3. The first-order valence-corrected chi connectivity index (χ1v) is 5.65. The summed E-state index contributed by atoms with van der Waals surface area (Å²) < 4.78 is 35.7. The molecule has 0 saturated heterocycles. The van der Waals surface area contributed by atoms with Crippen LogP contribution in [0.5, 0.6) is 0 Å². The maximum Gasteiger partial charge on any atom is 0.390 e. The average molecular weight is 290 g/mol. The topological polar surface area (TPSA) is 78.4 Å². The summed E-state index contributed by atoms with van der Waals surface area (Å²) in [5.74, 6) is -1.23. The fourth-order valence-electron chi connectivity index (χ4n) is 1.54. The third kappa shape index (κ3) is 4.79. The number of hydrogen-bond donors (Lipinski definition) is 3. The minimum Gasteiger partial charge on any atom is -0.478 e. The van der Waals surface area contributed by atoms with Gasteiger partial charge < -0.3 is 15.7 Å². The molecule has 0 aliphatic carbocycles. The van der Waals surface area contributed by atoms with Gasteiger partial charge in [-0.1, -0.05) is 12.1 Å². The summed E-state index contributed by atoms with van der Waals surface area (Å²) in [6.45, 7) is 0.972. The van der Waals surface area contributed by atoms with Gasteiger partial charge in [0.05, 0.1) is 17.7 Å². The molecule has 1 aromatic rings. The van der Waals surface area contributed by atoms with E-state index >= 15 is 0 Å². The van der Waals surface area contributed by atoms with Gasteiger partial charge in [-0.25, -0.2) is 9.59 Å². The van der Waals surface area contributed by atoms with Gasteiger partial charge in [0, 0.05) is 6.54 Å². The van der Waals surface area contributed by atoms with Gasteiger partial charge in [0.25, 0.3) is 0 Å². The number of carbonyl (C=O) groups excluding carboxylic acids is 1. The van der Waals surface area contributed by atoms with E-state index in [9.17, 15) is 22.8 Å². The Labute approximate surface area is 112 Å². The lowest BCUT2D eigenvalue weighted by Gasteiger charge is -2.12. The summed E-state index contributed by atoms with van der Waals surface area (Å²) in [5, 5.41) is 13.3. The summed E-state index contributed by atoms with van der Waals surface area (Å²) in [6.07, 6.45) is -5.51. The normalized spacial score (nSPS) is 11.0. The number of carbonyl (C=O) groups is 2. The van der Waals surface area contributed by atoms with Crippen molar-refractivity contribution in [1.29, 1.82) is 0 Å². The number of alkyl halides is 3. The SMILES string of the molecule is Cc1cccc(NC(=O)NCCC(F)(F)F)c1C(=O)O. The van der Waals surface area contributed by atoms with Crippen LogP contribution in [0.3, 0.4) is 0 Å². The number of rotatable bonds is 4. The van der Waals surface area contributed by atoms with E-state index < -0.39 is 31.1 Å². The van der Waals surface area contributed by atoms with E-state index in [1.807, 2.05) is 5.32 Å². The summed E-state index contributed by atoms with van der Waals surface area (Å²) in [7, 11) is 0. The van der Waals surface area contributed by atoms with Gasteiger partial charge in [-0.3, -0.25) is 0 Å². The van der Waals surface area contributed by atoms with Crippen molar-refractivity contribution in [1.82, 2.24) is 5.32 Å². The van der Waals surface area contributed by atoms with Crippen molar-refractivity contribution in [2.45, 2.75) is 19.5 Å². The van der Waals surface area contributed by atoms with Crippen molar-refractivity contribution in [3.8, 4) is 0 Å². The molecule has 0 radical (unpaired) electrons. The lowest BCUT2D eigenvalue weighted by Crippen LogP contribution is -2.32. The summed E-state index contributed by atoms with van der Waals surface area (Å²) in [5.41, 5.74) is 0.367. The fourth-order valence-corrected chi connectivity index (χ4v) is 1.54.